The van der Waals surface area contributed by atoms with Crippen molar-refractivity contribution >= 4 is 5.78 Å². The molecule has 2 heteroatoms. The minimum absolute atomic E-state index is 0.0405. The first-order chi connectivity index (χ1) is 5.54. The van der Waals surface area contributed by atoms with E-state index in [1.54, 1.807) is 0 Å². The Morgan fingerprint density at radius 1 is 1.58 bits per heavy atom. The van der Waals surface area contributed by atoms with Gasteiger partial charge < -0.3 is 5.11 Å². The van der Waals surface area contributed by atoms with Gasteiger partial charge in [-0.2, -0.15) is 0 Å². The molecule has 0 bridgehead atoms. The van der Waals surface area contributed by atoms with E-state index in [9.17, 15) is 9.90 Å². The van der Waals surface area contributed by atoms with Gasteiger partial charge in [-0.15, -0.1) is 0 Å². The second kappa shape index (κ2) is 3.40. The van der Waals surface area contributed by atoms with Crippen molar-refractivity contribution in [3.8, 4) is 0 Å². The van der Waals surface area contributed by atoms with Gasteiger partial charge in [0, 0.05) is 5.92 Å². The summed E-state index contributed by atoms with van der Waals surface area (Å²) in [5.74, 6) is -0.0226. The molecule has 0 unspecified atom stereocenters. The lowest BCUT2D eigenvalue weighted by Gasteiger charge is -2.29. The Morgan fingerprint density at radius 2 is 2.17 bits per heavy atom. The molecule has 0 amide bonds. The van der Waals surface area contributed by atoms with Crippen LogP contribution in [0.4, 0.5) is 0 Å². The highest BCUT2D eigenvalue weighted by Crippen LogP contribution is 2.29. The molecule has 1 aliphatic carbocycles. The normalized spacial score (nSPS) is 36.6. The van der Waals surface area contributed by atoms with Crippen molar-refractivity contribution < 1.29 is 9.90 Å². The Bertz CT molecular complexity index is 208. The smallest absolute Gasteiger partial charge is 0.168 e. The average molecular weight is 168 g/mol. The van der Waals surface area contributed by atoms with Gasteiger partial charge in [-0.3, -0.25) is 4.79 Å². The summed E-state index contributed by atoms with van der Waals surface area (Å²) in [5.41, 5.74) is 0.881. The monoisotopic (exact) mass is 168 g/mol. The predicted octanol–water partition coefficient (Wildman–Crippen LogP) is 1.54. The van der Waals surface area contributed by atoms with Crippen molar-refractivity contribution in [2.75, 3.05) is 0 Å². The van der Waals surface area contributed by atoms with E-state index in [0.717, 1.165) is 18.4 Å². The zero-order chi connectivity index (χ0) is 9.30. The van der Waals surface area contributed by atoms with E-state index >= 15 is 0 Å². The number of carbonyl (C=O) groups excluding carboxylic acids is 1. The first-order valence-corrected chi connectivity index (χ1v) is 4.41. The summed E-state index contributed by atoms with van der Waals surface area (Å²) in [6.07, 6.45) is 1.01. The summed E-state index contributed by atoms with van der Waals surface area (Å²) in [4.78, 5) is 11.5. The van der Waals surface area contributed by atoms with E-state index in [0.29, 0.717) is 0 Å². The van der Waals surface area contributed by atoms with Crippen LogP contribution in [0.15, 0.2) is 12.2 Å². The first kappa shape index (κ1) is 9.46. The van der Waals surface area contributed by atoms with Gasteiger partial charge in [-0.05, 0) is 25.7 Å². The lowest BCUT2D eigenvalue weighted by atomic mass is 9.77. The Morgan fingerprint density at radius 3 is 2.67 bits per heavy atom. The fraction of sp³-hybridized carbons (Fsp3) is 0.700. The molecule has 0 aromatic carbocycles. The topological polar surface area (TPSA) is 37.3 Å². The number of hydrogen-bond donors (Lipinski definition) is 1. The molecule has 0 aliphatic heterocycles. The van der Waals surface area contributed by atoms with E-state index in [-0.39, 0.29) is 17.6 Å². The summed E-state index contributed by atoms with van der Waals surface area (Å²) >= 11 is 0. The zero-order valence-electron chi connectivity index (χ0n) is 7.71. The molecule has 0 aromatic rings. The Labute approximate surface area is 73.3 Å². The van der Waals surface area contributed by atoms with Crippen molar-refractivity contribution in [3.63, 3.8) is 0 Å². The highest BCUT2D eigenvalue weighted by molar-refractivity contribution is 5.88. The van der Waals surface area contributed by atoms with Crippen LogP contribution in [-0.4, -0.2) is 17.0 Å². The molecule has 1 fully saturated rings. The maximum absolute atomic E-state index is 11.5. The molecule has 0 saturated heterocycles. The van der Waals surface area contributed by atoms with Gasteiger partial charge in [-0.25, -0.2) is 0 Å². The molecular formula is C10H16O2. The molecule has 12 heavy (non-hydrogen) atoms. The Hall–Kier alpha value is -0.630. The van der Waals surface area contributed by atoms with Crippen LogP contribution in [0.3, 0.4) is 0 Å². The second-order valence-electron chi connectivity index (χ2n) is 3.80. The van der Waals surface area contributed by atoms with Crippen LogP contribution in [-0.2, 0) is 4.79 Å². The molecule has 0 spiro atoms. The van der Waals surface area contributed by atoms with E-state index in [1.807, 2.05) is 13.8 Å². The standard InChI is InChI=1S/C10H16O2/c1-6(2)8-5-4-7(3)9(11)10(8)12/h7-9,11H,1,4-5H2,2-3H3/t7-,8+,9+/m1/s1. The van der Waals surface area contributed by atoms with Gasteiger partial charge in [0.25, 0.3) is 0 Å². The SMILES string of the molecule is C=C(C)[C@@H]1CC[C@@H](C)[C@H](O)C1=O. The number of carbonyl (C=O) groups is 1. The van der Waals surface area contributed by atoms with Crippen LogP contribution in [0.5, 0.6) is 0 Å². The van der Waals surface area contributed by atoms with E-state index in [1.165, 1.54) is 0 Å². The third kappa shape index (κ3) is 1.58. The van der Waals surface area contributed by atoms with Crippen LogP contribution >= 0.6 is 0 Å². The van der Waals surface area contributed by atoms with Crippen LogP contribution in [0.25, 0.3) is 0 Å². The molecule has 3 atom stereocenters. The van der Waals surface area contributed by atoms with E-state index in [4.69, 9.17) is 0 Å². The van der Waals surface area contributed by atoms with Crippen molar-refractivity contribution in [2.45, 2.75) is 32.8 Å². The van der Waals surface area contributed by atoms with Crippen molar-refractivity contribution in [2.24, 2.45) is 11.8 Å². The average Bonchev–Trinajstić information content (AvgIpc) is 2.00. The summed E-state index contributed by atoms with van der Waals surface area (Å²) in [5, 5.41) is 9.47. The highest BCUT2D eigenvalue weighted by atomic mass is 16.3. The van der Waals surface area contributed by atoms with Gasteiger partial charge in [0.15, 0.2) is 5.78 Å². The lowest BCUT2D eigenvalue weighted by Crippen LogP contribution is -2.38. The third-order valence-corrected chi connectivity index (χ3v) is 2.68. The molecule has 1 aliphatic rings. The van der Waals surface area contributed by atoms with Gasteiger partial charge >= 0.3 is 0 Å². The number of aliphatic hydroxyl groups is 1. The summed E-state index contributed by atoms with van der Waals surface area (Å²) < 4.78 is 0. The summed E-state index contributed by atoms with van der Waals surface area (Å²) in [6, 6.07) is 0. The second-order valence-corrected chi connectivity index (χ2v) is 3.80. The fourth-order valence-corrected chi connectivity index (χ4v) is 1.71. The van der Waals surface area contributed by atoms with E-state index < -0.39 is 6.10 Å². The van der Waals surface area contributed by atoms with Gasteiger partial charge in [0.05, 0.1) is 0 Å². The van der Waals surface area contributed by atoms with Crippen LogP contribution in [0.1, 0.15) is 26.7 Å². The molecule has 1 N–H and O–H groups in total. The predicted molar refractivity (Wildman–Crippen MR) is 47.7 cm³/mol. The minimum Gasteiger partial charge on any atom is -0.385 e. The maximum atomic E-state index is 11.5. The number of Topliss-reactive ketones (excluding diaryl/α,β-unsaturated/α-hetero) is 1. The summed E-state index contributed by atoms with van der Waals surface area (Å²) in [7, 11) is 0. The number of hydrogen-bond acceptors (Lipinski definition) is 2. The van der Waals surface area contributed by atoms with Crippen molar-refractivity contribution in [1.29, 1.82) is 0 Å². The number of ketones is 1. The number of aliphatic hydroxyl groups excluding tert-OH is 1. The van der Waals surface area contributed by atoms with Gasteiger partial charge in [-0.1, -0.05) is 19.1 Å². The molecule has 1 saturated carbocycles. The molecule has 2 nitrogen and oxygen atoms in total. The Balaban J connectivity index is 2.72. The fourth-order valence-electron chi connectivity index (χ4n) is 1.71. The van der Waals surface area contributed by atoms with Crippen molar-refractivity contribution in [3.05, 3.63) is 12.2 Å². The van der Waals surface area contributed by atoms with Gasteiger partial charge in [0.1, 0.15) is 6.10 Å². The Kier molecular flexibility index (Phi) is 2.68. The van der Waals surface area contributed by atoms with E-state index in [2.05, 4.69) is 6.58 Å². The summed E-state index contributed by atoms with van der Waals surface area (Å²) in [6.45, 7) is 7.52. The van der Waals surface area contributed by atoms with Crippen LogP contribution < -0.4 is 0 Å². The quantitative estimate of drug-likeness (QED) is 0.603. The molecule has 0 heterocycles. The van der Waals surface area contributed by atoms with Crippen LogP contribution in [0, 0.1) is 11.8 Å². The number of rotatable bonds is 1. The third-order valence-electron chi connectivity index (χ3n) is 2.68. The highest BCUT2D eigenvalue weighted by Gasteiger charge is 2.34. The molecular weight excluding hydrogens is 152 g/mol. The maximum Gasteiger partial charge on any atom is 0.168 e. The molecule has 1 rings (SSSR count). The molecule has 0 radical (unpaired) electrons. The largest absolute Gasteiger partial charge is 0.385 e. The zero-order valence-corrected chi connectivity index (χ0v) is 7.71. The first-order valence-electron chi connectivity index (χ1n) is 4.41. The van der Waals surface area contributed by atoms with Crippen molar-refractivity contribution in [1.82, 2.24) is 0 Å². The van der Waals surface area contributed by atoms with Crippen LogP contribution in [0.2, 0.25) is 0 Å². The molecule has 0 aromatic heterocycles. The van der Waals surface area contributed by atoms with Gasteiger partial charge in [0.2, 0.25) is 0 Å². The minimum atomic E-state index is -0.763. The number of allylic oxidation sites excluding steroid dienone is 1. The lowest BCUT2D eigenvalue weighted by molar-refractivity contribution is -0.135. The molecule has 68 valence electrons.